The molecule has 1 N–H and O–H groups in total. The van der Waals surface area contributed by atoms with Gasteiger partial charge in [-0.2, -0.15) is 0 Å². The van der Waals surface area contributed by atoms with Crippen molar-refractivity contribution in [3.63, 3.8) is 0 Å². The van der Waals surface area contributed by atoms with Crippen LogP contribution < -0.4 is 19.8 Å². The van der Waals surface area contributed by atoms with Crippen LogP contribution in [0.3, 0.4) is 0 Å². The monoisotopic (exact) mass is 544 g/mol. The first-order valence-corrected chi connectivity index (χ1v) is 14.2. The number of hydrogen-bond acceptors (Lipinski definition) is 8. The molecule has 0 amide bonds. The van der Waals surface area contributed by atoms with Crippen molar-refractivity contribution in [2.24, 2.45) is 0 Å². The van der Waals surface area contributed by atoms with Crippen LogP contribution in [0.2, 0.25) is 0 Å². The molecule has 3 heterocycles. The van der Waals surface area contributed by atoms with Crippen molar-refractivity contribution in [2.45, 2.75) is 70.6 Å². The van der Waals surface area contributed by atoms with Gasteiger partial charge in [0.15, 0.2) is 17.3 Å². The number of aromatic amines is 1. The first-order valence-electron chi connectivity index (χ1n) is 14.2. The third-order valence-electron chi connectivity index (χ3n) is 8.07. The molecule has 1 aliphatic carbocycles. The number of nitrogens with one attached hydrogen (secondary N) is 1. The Hall–Kier alpha value is -3.92. The Kier molecular flexibility index (Phi) is 7.68. The number of H-pyrrole nitrogens is 1. The van der Waals surface area contributed by atoms with E-state index in [1.807, 2.05) is 35.0 Å². The molecule has 0 bridgehead atoms. The Labute approximate surface area is 233 Å². The van der Waals surface area contributed by atoms with E-state index >= 15 is 0 Å². The number of rotatable bonds is 9. The highest BCUT2D eigenvalue weighted by Crippen LogP contribution is 2.35. The van der Waals surface area contributed by atoms with E-state index in [9.17, 15) is 4.79 Å². The second kappa shape index (κ2) is 11.7. The van der Waals surface area contributed by atoms with Crippen molar-refractivity contribution in [1.29, 1.82) is 0 Å². The summed E-state index contributed by atoms with van der Waals surface area (Å²) in [6, 6.07) is 14.1. The topological polar surface area (TPSA) is 107 Å². The van der Waals surface area contributed by atoms with Crippen molar-refractivity contribution in [3.05, 3.63) is 69.8 Å². The summed E-state index contributed by atoms with van der Waals surface area (Å²) >= 11 is 0. The number of methoxy groups -OCH3 is 1. The second-order valence-electron chi connectivity index (χ2n) is 10.7. The Morgan fingerprint density at radius 3 is 2.52 bits per heavy atom. The van der Waals surface area contributed by atoms with Crippen molar-refractivity contribution < 1.29 is 14.2 Å². The smallest absolute Gasteiger partial charge is 0.252 e. The van der Waals surface area contributed by atoms with Crippen LogP contribution in [0.4, 0.5) is 0 Å². The Morgan fingerprint density at radius 1 is 1.05 bits per heavy atom. The molecule has 4 aromatic rings. The lowest BCUT2D eigenvalue weighted by atomic mass is 9.95. The minimum atomic E-state index is -0.120. The summed E-state index contributed by atoms with van der Waals surface area (Å²) in [5.74, 6) is 3.03. The first-order chi connectivity index (χ1) is 19.6. The van der Waals surface area contributed by atoms with Gasteiger partial charge in [-0.05, 0) is 59.5 Å². The molecule has 10 heteroatoms. The summed E-state index contributed by atoms with van der Waals surface area (Å²) in [7, 11) is 1.67. The fraction of sp³-hybridized carbons (Fsp3) is 0.467. The summed E-state index contributed by atoms with van der Waals surface area (Å²) in [4.78, 5) is 18.7. The van der Waals surface area contributed by atoms with E-state index in [1.165, 1.54) is 19.3 Å². The number of hydrogen-bond donors (Lipinski definition) is 1. The summed E-state index contributed by atoms with van der Waals surface area (Å²) < 4.78 is 18.9. The average Bonchev–Trinajstić information content (AvgIpc) is 3.47. The highest BCUT2D eigenvalue weighted by molar-refractivity contribution is 5.83. The van der Waals surface area contributed by atoms with E-state index in [1.54, 1.807) is 7.11 Å². The molecule has 2 aliphatic rings. The molecule has 1 aliphatic heterocycles. The minimum Gasteiger partial charge on any atom is -0.497 e. The molecule has 2 aromatic heterocycles. The average molecular weight is 545 g/mol. The molecule has 6 rings (SSSR count). The maximum absolute atomic E-state index is 13.4. The van der Waals surface area contributed by atoms with Crippen molar-refractivity contribution >= 4 is 10.9 Å². The SMILES string of the molecule is CC[C@@H](c1nnnn1C1CCCCC1)N(Cc1ccc(OC)cc1)Cc1cc2cc3c(cc2[nH]c1=O)OCCO3. The van der Waals surface area contributed by atoms with Gasteiger partial charge in [-0.15, -0.1) is 5.10 Å². The van der Waals surface area contributed by atoms with Crippen LogP contribution in [0.1, 0.15) is 74.5 Å². The predicted molar refractivity (Wildman–Crippen MR) is 151 cm³/mol. The van der Waals surface area contributed by atoms with Crippen LogP contribution in [0.25, 0.3) is 10.9 Å². The predicted octanol–water partition coefficient (Wildman–Crippen LogP) is 4.95. The molecule has 0 spiro atoms. The molecule has 1 fully saturated rings. The van der Waals surface area contributed by atoms with Crippen LogP contribution in [0.15, 0.2) is 47.3 Å². The number of aromatic nitrogens is 5. The Bertz CT molecular complexity index is 1510. The van der Waals surface area contributed by atoms with E-state index in [0.717, 1.165) is 47.3 Å². The lowest BCUT2D eigenvalue weighted by Gasteiger charge is -2.32. The number of ether oxygens (including phenoxy) is 3. The summed E-state index contributed by atoms with van der Waals surface area (Å²) in [6.45, 7) is 4.22. The van der Waals surface area contributed by atoms with Gasteiger partial charge in [0, 0.05) is 30.1 Å². The minimum absolute atomic E-state index is 0.0746. The van der Waals surface area contributed by atoms with Gasteiger partial charge in [-0.3, -0.25) is 9.69 Å². The standard InChI is InChI=1S/C30H36N6O4/c1-3-26(29-32-33-34-36(29)23-7-5-4-6-8-23)35(18-20-9-11-24(38-2)12-10-20)19-22-15-21-16-27-28(40-14-13-39-27)17-25(21)31-30(22)37/h9-12,15-17,23,26H,3-8,13-14,18-19H2,1-2H3,(H,31,37)/t26-/m0/s1. The van der Waals surface area contributed by atoms with Gasteiger partial charge in [0.25, 0.3) is 5.56 Å². The number of benzene rings is 2. The molecule has 1 saturated carbocycles. The highest BCUT2D eigenvalue weighted by atomic mass is 16.6. The second-order valence-corrected chi connectivity index (χ2v) is 10.7. The van der Waals surface area contributed by atoms with Crippen LogP contribution >= 0.6 is 0 Å². The van der Waals surface area contributed by atoms with E-state index in [4.69, 9.17) is 14.2 Å². The fourth-order valence-corrected chi connectivity index (χ4v) is 5.98. The van der Waals surface area contributed by atoms with E-state index in [-0.39, 0.29) is 11.6 Å². The molecule has 0 radical (unpaired) electrons. The third-order valence-corrected chi connectivity index (χ3v) is 8.07. The number of tetrazole rings is 1. The molecule has 2 aromatic carbocycles. The number of pyridine rings is 1. The third kappa shape index (κ3) is 5.40. The molecule has 0 unspecified atom stereocenters. The van der Waals surface area contributed by atoms with Gasteiger partial charge < -0.3 is 19.2 Å². The lowest BCUT2D eigenvalue weighted by Crippen LogP contribution is -2.33. The summed E-state index contributed by atoms with van der Waals surface area (Å²) in [5.41, 5.74) is 2.40. The van der Waals surface area contributed by atoms with Gasteiger partial charge in [0.1, 0.15) is 19.0 Å². The van der Waals surface area contributed by atoms with E-state index < -0.39 is 0 Å². The van der Waals surface area contributed by atoms with E-state index in [0.29, 0.717) is 49.4 Å². The van der Waals surface area contributed by atoms with Crippen LogP contribution in [0.5, 0.6) is 17.2 Å². The number of fused-ring (bicyclic) bond motifs is 2. The summed E-state index contributed by atoms with van der Waals surface area (Å²) in [5, 5.41) is 14.0. The zero-order valence-corrected chi connectivity index (χ0v) is 23.1. The zero-order valence-electron chi connectivity index (χ0n) is 23.1. The highest BCUT2D eigenvalue weighted by Gasteiger charge is 2.29. The quantitative estimate of drug-likeness (QED) is 0.315. The largest absolute Gasteiger partial charge is 0.497 e. The molecule has 1 atom stereocenters. The molecular weight excluding hydrogens is 508 g/mol. The Balaban J connectivity index is 1.37. The van der Waals surface area contributed by atoms with Gasteiger partial charge in [0.2, 0.25) is 0 Å². The maximum Gasteiger partial charge on any atom is 0.252 e. The van der Waals surface area contributed by atoms with Gasteiger partial charge in [-0.25, -0.2) is 4.68 Å². The normalized spacial score (nSPS) is 16.4. The fourth-order valence-electron chi connectivity index (χ4n) is 5.98. The van der Waals surface area contributed by atoms with Crippen molar-refractivity contribution in [3.8, 4) is 17.2 Å². The van der Waals surface area contributed by atoms with Gasteiger partial charge in [0.05, 0.1) is 24.7 Å². The Morgan fingerprint density at radius 2 is 1.80 bits per heavy atom. The lowest BCUT2D eigenvalue weighted by molar-refractivity contribution is 0.155. The molecular formula is C30H36N6O4. The molecule has 10 nitrogen and oxygen atoms in total. The zero-order chi connectivity index (χ0) is 27.5. The maximum atomic E-state index is 13.4. The molecule has 210 valence electrons. The van der Waals surface area contributed by atoms with Crippen molar-refractivity contribution in [2.75, 3.05) is 20.3 Å². The van der Waals surface area contributed by atoms with Gasteiger partial charge in [-0.1, -0.05) is 38.3 Å². The molecule has 0 saturated heterocycles. The first kappa shape index (κ1) is 26.3. The van der Waals surface area contributed by atoms with Crippen LogP contribution in [-0.4, -0.2) is 50.4 Å². The van der Waals surface area contributed by atoms with Gasteiger partial charge >= 0.3 is 0 Å². The van der Waals surface area contributed by atoms with Crippen LogP contribution in [0, 0.1) is 0 Å². The van der Waals surface area contributed by atoms with E-state index in [2.05, 4.69) is 44.5 Å². The van der Waals surface area contributed by atoms with Crippen LogP contribution in [-0.2, 0) is 13.1 Å². The molecule has 40 heavy (non-hydrogen) atoms. The summed E-state index contributed by atoms with van der Waals surface area (Å²) in [6.07, 6.45) is 6.64. The number of nitrogens with zero attached hydrogens (tertiary/aromatic N) is 5. The van der Waals surface area contributed by atoms with Crippen molar-refractivity contribution in [1.82, 2.24) is 30.1 Å².